The number of ether oxygens (including phenoxy) is 3. The summed E-state index contributed by atoms with van der Waals surface area (Å²) in [7, 11) is 3.16. The first kappa shape index (κ1) is 17.2. The normalized spacial score (nSPS) is 10.8. The van der Waals surface area contributed by atoms with Gasteiger partial charge in [-0.1, -0.05) is 12.1 Å². The maximum Gasteiger partial charge on any atom is 0.161 e. The van der Waals surface area contributed by atoms with E-state index in [1.54, 1.807) is 26.4 Å². The van der Waals surface area contributed by atoms with Gasteiger partial charge >= 0.3 is 0 Å². The minimum Gasteiger partial charge on any atom is -0.495 e. The molecule has 0 radical (unpaired) electrons. The zero-order chi connectivity index (χ0) is 17.5. The quantitative estimate of drug-likeness (QED) is 0.648. The van der Waals surface area contributed by atoms with Crippen molar-refractivity contribution in [3.05, 3.63) is 53.6 Å². The van der Waals surface area contributed by atoms with Crippen molar-refractivity contribution in [2.24, 2.45) is 0 Å². The van der Waals surface area contributed by atoms with Gasteiger partial charge in [0.05, 0.1) is 32.6 Å². The van der Waals surface area contributed by atoms with Crippen LogP contribution in [0, 0.1) is 11.3 Å². The Morgan fingerprint density at radius 1 is 1.04 bits per heavy atom. The maximum atomic E-state index is 9.16. The van der Waals surface area contributed by atoms with Crippen LogP contribution >= 0.6 is 0 Å². The summed E-state index contributed by atoms with van der Waals surface area (Å²) >= 11 is 0. The fourth-order valence-corrected chi connectivity index (χ4v) is 2.41. The number of nitrogen functional groups attached to an aromatic ring is 1. The van der Waals surface area contributed by atoms with Gasteiger partial charge in [-0.05, 0) is 47.9 Å². The molecule has 5 heteroatoms. The molecular weight excluding hydrogens is 304 g/mol. The summed E-state index contributed by atoms with van der Waals surface area (Å²) in [6.07, 6.45) is 1.48. The first-order chi connectivity index (χ1) is 11.6. The summed E-state index contributed by atoms with van der Waals surface area (Å²) in [5, 5.41) is 9.16. The molecule has 0 spiro atoms. The van der Waals surface area contributed by atoms with E-state index in [0.29, 0.717) is 29.5 Å². The number of rotatable bonds is 6. The van der Waals surface area contributed by atoms with E-state index in [9.17, 15) is 0 Å². The monoisotopic (exact) mass is 324 g/mol. The van der Waals surface area contributed by atoms with E-state index in [1.165, 1.54) is 6.08 Å². The fourth-order valence-electron chi connectivity index (χ4n) is 2.41. The minimum absolute atomic E-state index is 0.511. The summed E-state index contributed by atoms with van der Waals surface area (Å²) in [5.41, 5.74) is 8.90. The molecule has 0 heterocycles. The molecule has 0 amide bonds. The van der Waals surface area contributed by atoms with E-state index in [0.717, 1.165) is 16.7 Å². The summed E-state index contributed by atoms with van der Waals surface area (Å²) < 4.78 is 16.1. The van der Waals surface area contributed by atoms with E-state index < -0.39 is 0 Å². The van der Waals surface area contributed by atoms with Gasteiger partial charge in [-0.3, -0.25) is 0 Å². The zero-order valence-electron chi connectivity index (χ0n) is 14.0. The molecular formula is C19H20N2O3. The van der Waals surface area contributed by atoms with Gasteiger partial charge < -0.3 is 19.9 Å². The molecule has 0 aromatic heterocycles. The summed E-state index contributed by atoms with van der Waals surface area (Å²) in [6, 6.07) is 13.1. The van der Waals surface area contributed by atoms with Gasteiger partial charge in [-0.25, -0.2) is 0 Å². The van der Waals surface area contributed by atoms with Gasteiger partial charge in [-0.15, -0.1) is 0 Å². The van der Waals surface area contributed by atoms with Crippen molar-refractivity contribution in [2.45, 2.75) is 6.92 Å². The Hall–Kier alpha value is -3.13. The van der Waals surface area contributed by atoms with Gasteiger partial charge in [0.2, 0.25) is 0 Å². The standard InChI is InChI=1S/C19H20N2O3/c1-4-24-19-12-14(6-8-18(19)23-3)15(9-10-20)13-5-7-17(22-2)16(21)11-13/h5-9,11-12H,4,21H2,1-3H3/b15-9-. The molecule has 124 valence electrons. The van der Waals surface area contributed by atoms with E-state index >= 15 is 0 Å². The van der Waals surface area contributed by atoms with Crippen LogP contribution in [0.3, 0.4) is 0 Å². The van der Waals surface area contributed by atoms with Gasteiger partial charge in [0, 0.05) is 6.08 Å². The Balaban J connectivity index is 2.53. The average molecular weight is 324 g/mol. The molecule has 0 aliphatic carbocycles. The third-order valence-electron chi connectivity index (χ3n) is 3.52. The SMILES string of the molecule is CCOc1cc(/C(=C\C#N)c2ccc(OC)c(N)c2)ccc1OC. The van der Waals surface area contributed by atoms with Crippen molar-refractivity contribution in [3.63, 3.8) is 0 Å². The molecule has 0 saturated heterocycles. The van der Waals surface area contributed by atoms with Gasteiger partial charge in [-0.2, -0.15) is 5.26 Å². The van der Waals surface area contributed by atoms with Crippen LogP contribution in [-0.4, -0.2) is 20.8 Å². The van der Waals surface area contributed by atoms with Gasteiger partial charge in [0.25, 0.3) is 0 Å². The summed E-state index contributed by atoms with van der Waals surface area (Å²) in [4.78, 5) is 0. The maximum absolute atomic E-state index is 9.16. The van der Waals surface area contributed by atoms with Crippen molar-refractivity contribution in [1.82, 2.24) is 0 Å². The molecule has 2 N–H and O–H groups in total. The van der Waals surface area contributed by atoms with Gasteiger partial charge in [0.15, 0.2) is 11.5 Å². The number of benzene rings is 2. The number of nitrogens with two attached hydrogens (primary N) is 1. The number of allylic oxidation sites excluding steroid dienone is 1. The van der Waals surface area contributed by atoms with Crippen molar-refractivity contribution < 1.29 is 14.2 Å². The number of methoxy groups -OCH3 is 2. The van der Waals surface area contributed by atoms with Crippen molar-refractivity contribution >= 4 is 11.3 Å². The Morgan fingerprint density at radius 2 is 1.67 bits per heavy atom. The zero-order valence-corrected chi connectivity index (χ0v) is 14.0. The predicted molar refractivity (Wildman–Crippen MR) is 94.3 cm³/mol. The van der Waals surface area contributed by atoms with E-state index in [-0.39, 0.29) is 0 Å². The molecule has 0 aliphatic heterocycles. The van der Waals surface area contributed by atoms with Crippen LogP contribution in [0.2, 0.25) is 0 Å². The Kier molecular flexibility index (Phi) is 5.69. The van der Waals surface area contributed by atoms with Crippen LogP contribution in [0.1, 0.15) is 18.1 Å². The number of nitriles is 1. The van der Waals surface area contributed by atoms with Crippen molar-refractivity contribution in [2.75, 3.05) is 26.6 Å². The summed E-state index contributed by atoms with van der Waals surface area (Å²) in [5.74, 6) is 1.87. The lowest BCUT2D eigenvalue weighted by atomic mass is 9.96. The summed E-state index contributed by atoms with van der Waals surface area (Å²) in [6.45, 7) is 2.43. The minimum atomic E-state index is 0.511. The van der Waals surface area contributed by atoms with E-state index in [4.69, 9.17) is 25.2 Å². The lowest BCUT2D eigenvalue weighted by Crippen LogP contribution is -1.98. The van der Waals surface area contributed by atoms with Crippen LogP contribution in [-0.2, 0) is 0 Å². The molecule has 5 nitrogen and oxygen atoms in total. The highest BCUT2D eigenvalue weighted by atomic mass is 16.5. The Labute approximate surface area is 141 Å². The molecule has 2 aromatic carbocycles. The highest BCUT2D eigenvalue weighted by Gasteiger charge is 2.12. The molecule has 0 saturated carbocycles. The second-order valence-corrected chi connectivity index (χ2v) is 4.94. The Morgan fingerprint density at radius 3 is 2.21 bits per heavy atom. The molecule has 0 fully saturated rings. The number of hydrogen-bond acceptors (Lipinski definition) is 5. The van der Waals surface area contributed by atoms with Crippen LogP contribution in [0.5, 0.6) is 17.2 Å². The average Bonchev–Trinajstić information content (AvgIpc) is 2.60. The largest absolute Gasteiger partial charge is 0.495 e. The smallest absolute Gasteiger partial charge is 0.161 e. The van der Waals surface area contributed by atoms with Crippen molar-refractivity contribution in [3.8, 4) is 23.3 Å². The van der Waals surface area contributed by atoms with Crippen LogP contribution in [0.15, 0.2) is 42.5 Å². The molecule has 0 atom stereocenters. The third kappa shape index (κ3) is 3.61. The molecule has 2 aromatic rings. The second-order valence-electron chi connectivity index (χ2n) is 4.94. The lowest BCUT2D eigenvalue weighted by molar-refractivity contribution is 0.311. The van der Waals surface area contributed by atoms with Crippen LogP contribution < -0.4 is 19.9 Å². The number of nitrogens with zero attached hydrogens (tertiary/aromatic N) is 1. The first-order valence-corrected chi connectivity index (χ1v) is 7.49. The van der Waals surface area contributed by atoms with Crippen LogP contribution in [0.4, 0.5) is 5.69 Å². The Bertz CT molecular complexity index is 792. The number of hydrogen-bond donors (Lipinski definition) is 1. The predicted octanol–water partition coefficient (Wildman–Crippen LogP) is 3.64. The number of anilines is 1. The highest BCUT2D eigenvalue weighted by Crippen LogP contribution is 2.34. The van der Waals surface area contributed by atoms with E-state index in [1.807, 2.05) is 31.2 Å². The molecule has 24 heavy (non-hydrogen) atoms. The third-order valence-corrected chi connectivity index (χ3v) is 3.52. The van der Waals surface area contributed by atoms with Crippen LogP contribution in [0.25, 0.3) is 5.57 Å². The van der Waals surface area contributed by atoms with E-state index in [2.05, 4.69) is 6.07 Å². The first-order valence-electron chi connectivity index (χ1n) is 7.49. The molecule has 0 unspecified atom stereocenters. The topological polar surface area (TPSA) is 77.5 Å². The van der Waals surface area contributed by atoms with Gasteiger partial charge in [0.1, 0.15) is 5.75 Å². The molecule has 2 rings (SSSR count). The fraction of sp³-hybridized carbons (Fsp3) is 0.211. The van der Waals surface area contributed by atoms with Crippen molar-refractivity contribution in [1.29, 1.82) is 5.26 Å². The molecule has 0 bridgehead atoms. The lowest BCUT2D eigenvalue weighted by Gasteiger charge is -2.14. The highest BCUT2D eigenvalue weighted by molar-refractivity contribution is 5.84. The molecule has 0 aliphatic rings. The second kappa shape index (κ2) is 7.93.